The van der Waals surface area contributed by atoms with Gasteiger partial charge in [0.05, 0.1) is 13.1 Å². The second-order valence-corrected chi connectivity index (χ2v) is 4.44. The van der Waals surface area contributed by atoms with Crippen molar-refractivity contribution in [3.63, 3.8) is 0 Å². The van der Waals surface area contributed by atoms with E-state index in [4.69, 9.17) is 4.52 Å². The normalized spacial score (nSPS) is 12.0. The summed E-state index contributed by atoms with van der Waals surface area (Å²) in [5.74, 6) is 0.539. The first kappa shape index (κ1) is 13.0. The van der Waals surface area contributed by atoms with Crippen LogP contribution < -0.4 is 5.32 Å². The third-order valence-corrected chi connectivity index (χ3v) is 3.03. The van der Waals surface area contributed by atoms with E-state index in [9.17, 15) is 13.2 Å². The van der Waals surface area contributed by atoms with Crippen LogP contribution in [0.3, 0.4) is 0 Å². The maximum absolute atomic E-state index is 11.9. The van der Waals surface area contributed by atoms with Gasteiger partial charge in [-0.25, -0.2) is 0 Å². The van der Waals surface area contributed by atoms with E-state index in [1.165, 1.54) is 11.3 Å². The van der Waals surface area contributed by atoms with Crippen molar-refractivity contribution in [2.45, 2.75) is 19.6 Å². The van der Waals surface area contributed by atoms with E-state index in [1.807, 2.05) is 17.7 Å². The minimum absolute atomic E-state index is 0.101. The first-order chi connectivity index (χ1) is 8.46. The van der Waals surface area contributed by atoms with Crippen LogP contribution in [-0.4, -0.2) is 22.9 Å². The fraction of sp³-hybridized carbons (Fsp3) is 0.400. The summed E-state index contributed by atoms with van der Waals surface area (Å²) < 4.78 is 40.6. The summed E-state index contributed by atoms with van der Waals surface area (Å²) >= 11 is 1.51. The molecule has 2 heterocycles. The Bertz CT molecular complexity index is 520. The van der Waals surface area contributed by atoms with Crippen LogP contribution in [0.5, 0.6) is 0 Å². The lowest BCUT2D eigenvalue weighted by Gasteiger charge is -2.05. The van der Waals surface area contributed by atoms with Crippen molar-refractivity contribution < 1.29 is 17.7 Å². The third kappa shape index (κ3) is 3.30. The zero-order valence-electron chi connectivity index (χ0n) is 9.41. The number of nitrogens with zero attached hydrogens (tertiary/aromatic N) is 2. The van der Waals surface area contributed by atoms with Crippen molar-refractivity contribution in [2.24, 2.45) is 0 Å². The Kier molecular flexibility index (Phi) is 3.67. The van der Waals surface area contributed by atoms with Crippen LogP contribution in [0.25, 0.3) is 11.4 Å². The molecule has 2 rings (SSSR count). The summed E-state index contributed by atoms with van der Waals surface area (Å²) in [5.41, 5.74) is 1.85. The number of rotatable bonds is 4. The first-order valence-corrected chi connectivity index (χ1v) is 6.03. The molecule has 4 nitrogen and oxygen atoms in total. The standard InChI is InChI=1S/C10H10F3N3OS/c1-6-3-18-4-7(6)9-15-8(17-16-9)2-14-5-10(11,12)13/h3-4,14H,2,5H2,1H3. The number of thiophene rings is 1. The summed E-state index contributed by atoms with van der Waals surface area (Å²) in [4.78, 5) is 4.03. The second-order valence-electron chi connectivity index (χ2n) is 3.70. The number of nitrogens with one attached hydrogen (secondary N) is 1. The van der Waals surface area contributed by atoms with Crippen LogP contribution in [0.2, 0.25) is 0 Å². The first-order valence-electron chi connectivity index (χ1n) is 5.09. The van der Waals surface area contributed by atoms with Gasteiger partial charge in [0.1, 0.15) is 0 Å². The summed E-state index contributed by atoms with van der Waals surface area (Å²) in [6.45, 7) is 0.724. The molecular formula is C10H10F3N3OS. The summed E-state index contributed by atoms with van der Waals surface area (Å²) in [6.07, 6.45) is -4.24. The fourth-order valence-electron chi connectivity index (χ4n) is 1.34. The molecule has 0 aliphatic rings. The fourth-order valence-corrected chi connectivity index (χ4v) is 2.16. The van der Waals surface area contributed by atoms with Crippen molar-refractivity contribution in [2.75, 3.05) is 6.54 Å². The van der Waals surface area contributed by atoms with Gasteiger partial charge in [-0.05, 0) is 17.9 Å². The molecule has 0 unspecified atom stereocenters. The Balaban J connectivity index is 1.97. The van der Waals surface area contributed by atoms with Crippen LogP contribution in [0, 0.1) is 6.92 Å². The van der Waals surface area contributed by atoms with Gasteiger partial charge in [0.2, 0.25) is 11.7 Å². The van der Waals surface area contributed by atoms with Gasteiger partial charge in [-0.3, -0.25) is 0 Å². The predicted molar refractivity (Wildman–Crippen MR) is 60.1 cm³/mol. The highest BCUT2D eigenvalue weighted by Crippen LogP contribution is 2.24. The van der Waals surface area contributed by atoms with E-state index < -0.39 is 12.7 Å². The average Bonchev–Trinajstić information content (AvgIpc) is 2.84. The van der Waals surface area contributed by atoms with Crippen LogP contribution >= 0.6 is 11.3 Å². The van der Waals surface area contributed by atoms with Gasteiger partial charge in [0.15, 0.2) is 0 Å². The molecule has 0 fully saturated rings. The topological polar surface area (TPSA) is 51.0 Å². The lowest BCUT2D eigenvalue weighted by atomic mass is 10.2. The number of aryl methyl sites for hydroxylation is 1. The number of halogens is 3. The van der Waals surface area contributed by atoms with E-state index in [2.05, 4.69) is 15.5 Å². The minimum atomic E-state index is -4.24. The molecule has 0 radical (unpaired) electrons. The van der Waals surface area contributed by atoms with Gasteiger partial charge in [-0.15, -0.1) is 0 Å². The Morgan fingerprint density at radius 3 is 2.78 bits per heavy atom. The van der Waals surface area contributed by atoms with E-state index in [-0.39, 0.29) is 12.4 Å². The van der Waals surface area contributed by atoms with E-state index in [1.54, 1.807) is 0 Å². The van der Waals surface area contributed by atoms with Crippen LogP contribution in [0.4, 0.5) is 13.2 Å². The quantitative estimate of drug-likeness (QED) is 0.933. The van der Waals surface area contributed by atoms with Crippen LogP contribution in [0.1, 0.15) is 11.5 Å². The van der Waals surface area contributed by atoms with Gasteiger partial charge in [0.25, 0.3) is 0 Å². The van der Waals surface area contributed by atoms with Gasteiger partial charge in [-0.1, -0.05) is 5.16 Å². The average molecular weight is 277 g/mol. The Morgan fingerprint density at radius 2 is 2.17 bits per heavy atom. The number of hydrogen-bond acceptors (Lipinski definition) is 5. The maximum atomic E-state index is 11.9. The molecule has 0 aromatic carbocycles. The maximum Gasteiger partial charge on any atom is 0.401 e. The van der Waals surface area contributed by atoms with Crippen LogP contribution in [0.15, 0.2) is 15.3 Å². The number of alkyl halides is 3. The molecule has 0 amide bonds. The smallest absolute Gasteiger partial charge is 0.338 e. The monoisotopic (exact) mass is 277 g/mol. The molecule has 0 saturated carbocycles. The Morgan fingerprint density at radius 1 is 1.39 bits per heavy atom. The molecule has 0 saturated heterocycles. The summed E-state index contributed by atoms with van der Waals surface area (Å²) in [7, 11) is 0. The van der Waals surface area contributed by atoms with Crippen LogP contribution in [-0.2, 0) is 6.54 Å². The van der Waals surface area contributed by atoms with Gasteiger partial charge in [0, 0.05) is 10.9 Å². The number of hydrogen-bond donors (Lipinski definition) is 1. The highest BCUT2D eigenvalue weighted by atomic mass is 32.1. The zero-order chi connectivity index (χ0) is 13.2. The molecule has 0 aliphatic carbocycles. The third-order valence-electron chi connectivity index (χ3n) is 2.17. The zero-order valence-corrected chi connectivity index (χ0v) is 10.2. The summed E-state index contributed by atoms with van der Waals surface area (Å²) in [5, 5.41) is 9.74. The number of aromatic nitrogens is 2. The SMILES string of the molecule is Cc1cscc1-c1noc(CNCC(F)(F)F)n1. The van der Waals surface area contributed by atoms with Crippen molar-refractivity contribution in [1.82, 2.24) is 15.5 Å². The molecule has 18 heavy (non-hydrogen) atoms. The van der Waals surface area contributed by atoms with E-state index >= 15 is 0 Å². The van der Waals surface area contributed by atoms with E-state index in [0.29, 0.717) is 5.82 Å². The minimum Gasteiger partial charge on any atom is -0.338 e. The van der Waals surface area contributed by atoms with Gasteiger partial charge >= 0.3 is 6.18 Å². The molecule has 0 aliphatic heterocycles. The predicted octanol–water partition coefficient (Wildman–Crippen LogP) is 2.76. The Hall–Kier alpha value is -1.41. The van der Waals surface area contributed by atoms with Crippen molar-refractivity contribution in [1.29, 1.82) is 0 Å². The highest BCUT2D eigenvalue weighted by Gasteiger charge is 2.26. The van der Waals surface area contributed by atoms with Crippen molar-refractivity contribution in [3.8, 4) is 11.4 Å². The molecule has 0 bridgehead atoms. The lowest BCUT2D eigenvalue weighted by Crippen LogP contribution is -2.28. The van der Waals surface area contributed by atoms with Crippen molar-refractivity contribution >= 4 is 11.3 Å². The molecule has 8 heteroatoms. The molecular weight excluding hydrogens is 267 g/mol. The lowest BCUT2D eigenvalue weighted by molar-refractivity contribution is -0.125. The van der Waals surface area contributed by atoms with Gasteiger partial charge in [-0.2, -0.15) is 29.5 Å². The van der Waals surface area contributed by atoms with Crippen molar-refractivity contribution in [3.05, 3.63) is 22.2 Å². The molecule has 1 N–H and O–H groups in total. The second kappa shape index (κ2) is 5.07. The van der Waals surface area contributed by atoms with Gasteiger partial charge < -0.3 is 9.84 Å². The molecule has 98 valence electrons. The molecule has 0 spiro atoms. The highest BCUT2D eigenvalue weighted by molar-refractivity contribution is 7.08. The molecule has 0 atom stereocenters. The molecule has 2 aromatic heterocycles. The molecule has 2 aromatic rings. The van der Waals surface area contributed by atoms with E-state index in [0.717, 1.165) is 11.1 Å². The Labute approximate surface area is 105 Å². The summed E-state index contributed by atoms with van der Waals surface area (Å²) in [6, 6.07) is 0. The largest absolute Gasteiger partial charge is 0.401 e.